The van der Waals surface area contributed by atoms with Crippen LogP contribution in [0.4, 0.5) is 5.13 Å². The number of amides is 1. The fourth-order valence-corrected chi connectivity index (χ4v) is 5.48. The average Bonchev–Trinajstić information content (AvgIpc) is 3.25. The molecule has 0 saturated carbocycles. The predicted octanol–water partition coefficient (Wildman–Crippen LogP) is 4.57. The highest BCUT2D eigenvalue weighted by molar-refractivity contribution is 7.89. The minimum absolute atomic E-state index is 0.00578. The number of sulfonamides is 1. The van der Waals surface area contributed by atoms with Crippen LogP contribution in [-0.2, 0) is 26.1 Å². The van der Waals surface area contributed by atoms with Gasteiger partial charge in [0.1, 0.15) is 0 Å². The van der Waals surface area contributed by atoms with E-state index in [4.69, 9.17) is 16.3 Å². The molecule has 1 heterocycles. The lowest BCUT2D eigenvalue weighted by Crippen LogP contribution is -2.27. The van der Waals surface area contributed by atoms with Crippen molar-refractivity contribution in [3.63, 3.8) is 0 Å². The highest BCUT2D eigenvalue weighted by atomic mass is 35.5. The molecule has 0 unspecified atom stereocenters. The van der Waals surface area contributed by atoms with E-state index in [-0.39, 0.29) is 22.0 Å². The normalized spacial score (nSPS) is 11.5. The standard InChI is InChI=1S/C24H20ClN3O5S2/c1-28(14-16-7-3-2-4-8-16)35(31,32)17-11-12-19(25)18(13-17)23(30)33-15-22(29)27-24-26-20-9-5-6-10-21(20)34-24/h2-13H,14-15H2,1H3,(H,26,27,29). The maximum atomic E-state index is 13.0. The summed E-state index contributed by atoms with van der Waals surface area (Å²) in [4.78, 5) is 29.0. The molecule has 0 fully saturated rings. The summed E-state index contributed by atoms with van der Waals surface area (Å²) in [5, 5.41) is 2.96. The van der Waals surface area contributed by atoms with E-state index in [0.29, 0.717) is 5.13 Å². The number of ether oxygens (including phenoxy) is 1. The number of para-hydroxylation sites is 1. The lowest BCUT2D eigenvalue weighted by atomic mass is 10.2. The summed E-state index contributed by atoms with van der Waals surface area (Å²) in [6.45, 7) is -0.437. The Labute approximate surface area is 211 Å². The van der Waals surface area contributed by atoms with E-state index in [9.17, 15) is 18.0 Å². The van der Waals surface area contributed by atoms with Crippen molar-refractivity contribution in [2.75, 3.05) is 19.0 Å². The fraction of sp³-hybridized carbons (Fsp3) is 0.125. The number of carbonyl (C=O) groups excluding carboxylic acids is 2. The number of thiazole rings is 1. The van der Waals surface area contributed by atoms with Gasteiger partial charge in [0.2, 0.25) is 10.0 Å². The Balaban J connectivity index is 1.42. The summed E-state index contributed by atoms with van der Waals surface area (Å²) in [6, 6.07) is 20.3. The van der Waals surface area contributed by atoms with Crippen molar-refractivity contribution in [1.82, 2.24) is 9.29 Å². The molecule has 0 aliphatic heterocycles. The minimum Gasteiger partial charge on any atom is -0.452 e. The quantitative estimate of drug-likeness (QED) is 0.335. The average molecular weight is 530 g/mol. The Bertz CT molecular complexity index is 1460. The van der Waals surface area contributed by atoms with Crippen LogP contribution in [0.25, 0.3) is 10.2 Å². The van der Waals surface area contributed by atoms with Crippen molar-refractivity contribution in [3.8, 4) is 0 Å². The van der Waals surface area contributed by atoms with Crippen molar-refractivity contribution >= 4 is 60.2 Å². The molecule has 11 heteroatoms. The first kappa shape index (κ1) is 24.8. The van der Waals surface area contributed by atoms with Crippen LogP contribution >= 0.6 is 22.9 Å². The Kier molecular flexibility index (Phi) is 7.46. The molecule has 1 N–H and O–H groups in total. The molecule has 0 spiro atoms. The molecule has 35 heavy (non-hydrogen) atoms. The maximum Gasteiger partial charge on any atom is 0.340 e. The second-order valence-corrected chi connectivity index (χ2v) is 11.0. The zero-order valence-electron chi connectivity index (χ0n) is 18.5. The van der Waals surface area contributed by atoms with Crippen molar-refractivity contribution in [3.05, 3.63) is 88.9 Å². The van der Waals surface area contributed by atoms with Crippen LogP contribution < -0.4 is 5.32 Å². The van der Waals surface area contributed by atoms with E-state index >= 15 is 0 Å². The Morgan fingerprint density at radius 3 is 2.51 bits per heavy atom. The van der Waals surface area contributed by atoms with E-state index in [2.05, 4.69) is 10.3 Å². The number of nitrogens with zero attached hydrogens (tertiary/aromatic N) is 2. The highest BCUT2D eigenvalue weighted by Gasteiger charge is 2.24. The van der Waals surface area contributed by atoms with Crippen molar-refractivity contribution < 1.29 is 22.7 Å². The fourth-order valence-electron chi connectivity index (χ4n) is 3.22. The zero-order chi connectivity index (χ0) is 25.0. The summed E-state index contributed by atoms with van der Waals surface area (Å²) in [5.41, 5.74) is 1.40. The molecule has 180 valence electrons. The minimum atomic E-state index is -3.91. The molecule has 4 rings (SSSR count). The molecule has 3 aromatic carbocycles. The van der Waals surface area contributed by atoms with Gasteiger partial charge in [0, 0.05) is 13.6 Å². The van der Waals surface area contributed by atoms with E-state index in [0.717, 1.165) is 21.8 Å². The second kappa shape index (κ2) is 10.5. The Morgan fingerprint density at radius 2 is 1.77 bits per heavy atom. The number of halogens is 1. The van der Waals surface area contributed by atoms with Crippen molar-refractivity contribution in [2.45, 2.75) is 11.4 Å². The third-order valence-electron chi connectivity index (χ3n) is 4.99. The molecule has 0 aliphatic carbocycles. The number of rotatable bonds is 8. The molecular weight excluding hydrogens is 510 g/mol. The van der Waals surface area contributed by atoms with Gasteiger partial charge in [-0.25, -0.2) is 18.2 Å². The number of fused-ring (bicyclic) bond motifs is 1. The zero-order valence-corrected chi connectivity index (χ0v) is 20.9. The molecular formula is C24H20ClN3O5S2. The molecule has 1 amide bonds. The summed E-state index contributed by atoms with van der Waals surface area (Å²) in [7, 11) is -2.47. The van der Waals surface area contributed by atoms with Crippen LogP contribution in [0.15, 0.2) is 77.7 Å². The van der Waals surface area contributed by atoms with Gasteiger partial charge in [-0.15, -0.1) is 0 Å². The first-order chi connectivity index (χ1) is 16.7. The predicted molar refractivity (Wildman–Crippen MR) is 135 cm³/mol. The van der Waals surface area contributed by atoms with E-state index in [1.165, 1.54) is 34.8 Å². The SMILES string of the molecule is CN(Cc1ccccc1)S(=O)(=O)c1ccc(Cl)c(C(=O)OCC(=O)Nc2nc3ccccc3s2)c1. The molecule has 1 aromatic heterocycles. The van der Waals surface area contributed by atoms with Gasteiger partial charge in [-0.2, -0.15) is 4.31 Å². The maximum absolute atomic E-state index is 13.0. The smallest absolute Gasteiger partial charge is 0.340 e. The van der Waals surface area contributed by atoms with Gasteiger partial charge in [-0.1, -0.05) is 65.4 Å². The molecule has 0 saturated heterocycles. The second-order valence-electron chi connectivity index (χ2n) is 7.50. The van der Waals surface area contributed by atoms with E-state index in [1.54, 1.807) is 0 Å². The van der Waals surface area contributed by atoms with Gasteiger partial charge in [-0.3, -0.25) is 10.1 Å². The molecule has 8 nitrogen and oxygen atoms in total. The van der Waals surface area contributed by atoms with Crippen LogP contribution in [0.3, 0.4) is 0 Å². The number of anilines is 1. The van der Waals surface area contributed by atoms with Crippen LogP contribution in [-0.4, -0.2) is 43.2 Å². The van der Waals surface area contributed by atoms with Gasteiger partial charge in [-0.05, 0) is 35.9 Å². The largest absolute Gasteiger partial charge is 0.452 e. The van der Waals surface area contributed by atoms with E-state index < -0.39 is 28.5 Å². The van der Waals surface area contributed by atoms with Crippen LogP contribution in [0.5, 0.6) is 0 Å². The van der Waals surface area contributed by atoms with Gasteiger partial charge in [0.25, 0.3) is 5.91 Å². The number of esters is 1. The number of nitrogens with one attached hydrogen (secondary N) is 1. The molecule has 0 radical (unpaired) electrons. The topological polar surface area (TPSA) is 106 Å². The summed E-state index contributed by atoms with van der Waals surface area (Å²) in [6.07, 6.45) is 0. The lowest BCUT2D eigenvalue weighted by molar-refractivity contribution is -0.119. The number of aromatic nitrogens is 1. The van der Waals surface area contributed by atoms with E-state index in [1.807, 2.05) is 54.6 Å². The van der Waals surface area contributed by atoms with Gasteiger partial charge in [0.05, 0.1) is 25.7 Å². The van der Waals surface area contributed by atoms with Crippen molar-refractivity contribution in [2.24, 2.45) is 0 Å². The first-order valence-corrected chi connectivity index (χ1v) is 13.0. The van der Waals surface area contributed by atoms with Gasteiger partial charge >= 0.3 is 5.97 Å². The third kappa shape index (κ3) is 5.85. The first-order valence-electron chi connectivity index (χ1n) is 10.4. The summed E-state index contributed by atoms with van der Waals surface area (Å²) in [5.74, 6) is -1.50. The number of carbonyl (C=O) groups is 2. The van der Waals surface area contributed by atoms with Crippen LogP contribution in [0, 0.1) is 0 Å². The molecule has 0 aliphatic rings. The number of hydrogen-bond donors (Lipinski definition) is 1. The molecule has 0 bridgehead atoms. The van der Waals surface area contributed by atoms with Gasteiger partial charge in [0.15, 0.2) is 11.7 Å². The third-order valence-corrected chi connectivity index (χ3v) is 8.07. The van der Waals surface area contributed by atoms with Crippen molar-refractivity contribution in [1.29, 1.82) is 0 Å². The monoisotopic (exact) mass is 529 g/mol. The van der Waals surface area contributed by atoms with Gasteiger partial charge < -0.3 is 4.74 Å². The molecule has 0 atom stereocenters. The summed E-state index contributed by atoms with van der Waals surface area (Å²) >= 11 is 7.41. The van der Waals surface area contributed by atoms with Crippen LogP contribution in [0.2, 0.25) is 5.02 Å². The number of hydrogen-bond acceptors (Lipinski definition) is 7. The summed E-state index contributed by atoms with van der Waals surface area (Å²) < 4.78 is 33.2. The highest BCUT2D eigenvalue weighted by Crippen LogP contribution is 2.26. The van der Waals surface area contributed by atoms with Crippen LogP contribution in [0.1, 0.15) is 15.9 Å². The lowest BCUT2D eigenvalue weighted by Gasteiger charge is -2.18. The Hall–Kier alpha value is -3.31. The molecule has 4 aromatic rings. The number of benzene rings is 3. The Morgan fingerprint density at radius 1 is 1.06 bits per heavy atom.